The second kappa shape index (κ2) is 8.58. The van der Waals surface area contributed by atoms with E-state index < -0.39 is 5.91 Å². The van der Waals surface area contributed by atoms with Crippen molar-refractivity contribution in [3.05, 3.63) is 53.6 Å². The molecule has 0 atom stereocenters. The molecular weight excluding hydrogens is 340 g/mol. The quantitative estimate of drug-likeness (QED) is 0.703. The first kappa shape index (κ1) is 18.8. The molecule has 1 aliphatic rings. The molecule has 1 fully saturated rings. The second-order valence-electron chi connectivity index (χ2n) is 6.70. The zero-order valence-electron chi connectivity index (χ0n) is 15.6. The maximum absolute atomic E-state index is 12.4. The number of carbonyl (C=O) groups excluding carboxylic acids is 2. The van der Waals surface area contributed by atoms with Crippen LogP contribution in [0, 0.1) is 0 Å². The molecule has 0 unspecified atom stereocenters. The summed E-state index contributed by atoms with van der Waals surface area (Å²) < 4.78 is 0. The summed E-state index contributed by atoms with van der Waals surface area (Å²) in [5, 5.41) is 6.13. The number of rotatable bonds is 7. The van der Waals surface area contributed by atoms with E-state index in [9.17, 15) is 9.59 Å². The van der Waals surface area contributed by atoms with E-state index in [4.69, 9.17) is 5.73 Å². The lowest BCUT2D eigenvalue weighted by atomic mass is 10.1. The third kappa shape index (κ3) is 4.58. The van der Waals surface area contributed by atoms with Crippen LogP contribution < -0.4 is 21.3 Å². The van der Waals surface area contributed by atoms with Gasteiger partial charge < -0.3 is 21.3 Å². The van der Waals surface area contributed by atoms with Gasteiger partial charge in [-0.25, -0.2) is 0 Å². The fourth-order valence-electron chi connectivity index (χ4n) is 3.39. The lowest BCUT2D eigenvalue weighted by molar-refractivity contribution is -0.114. The number of benzene rings is 2. The molecule has 142 valence electrons. The molecule has 0 bridgehead atoms. The Labute approximate surface area is 159 Å². The number of carbonyl (C=O) groups is 2. The molecule has 0 aliphatic carbocycles. The summed E-state index contributed by atoms with van der Waals surface area (Å²) in [4.78, 5) is 26.2. The molecular formula is C21H26N4O2. The van der Waals surface area contributed by atoms with Crippen molar-refractivity contribution in [1.29, 1.82) is 0 Å². The van der Waals surface area contributed by atoms with Crippen LogP contribution in [0.2, 0.25) is 0 Å². The van der Waals surface area contributed by atoms with Gasteiger partial charge >= 0.3 is 0 Å². The Balaban J connectivity index is 1.72. The molecule has 1 saturated heterocycles. The lowest BCUT2D eigenvalue weighted by Crippen LogP contribution is -2.25. The van der Waals surface area contributed by atoms with Crippen LogP contribution in [0.5, 0.6) is 0 Å². The topological polar surface area (TPSA) is 87.5 Å². The number of nitrogens with zero attached hydrogens (tertiary/aromatic N) is 1. The number of amides is 2. The Kier molecular flexibility index (Phi) is 5.96. The molecule has 6 heteroatoms. The maximum atomic E-state index is 12.4. The van der Waals surface area contributed by atoms with Crippen LogP contribution >= 0.6 is 0 Å². The molecule has 0 aromatic heterocycles. The highest BCUT2D eigenvalue weighted by atomic mass is 16.2. The fraction of sp³-hybridized carbons (Fsp3) is 0.333. The molecule has 3 rings (SSSR count). The van der Waals surface area contributed by atoms with E-state index in [1.54, 1.807) is 12.1 Å². The van der Waals surface area contributed by atoms with E-state index in [1.165, 1.54) is 0 Å². The van der Waals surface area contributed by atoms with Gasteiger partial charge in [0.2, 0.25) is 11.8 Å². The monoisotopic (exact) mass is 366 g/mol. The number of nitrogens with one attached hydrogen (secondary N) is 2. The first-order chi connectivity index (χ1) is 13.1. The minimum Gasteiger partial charge on any atom is -0.374 e. The number of primary amides is 1. The summed E-state index contributed by atoms with van der Waals surface area (Å²) in [6.07, 6.45) is 3.14. The maximum Gasteiger partial charge on any atom is 0.248 e. The van der Waals surface area contributed by atoms with E-state index >= 15 is 0 Å². The Bertz CT molecular complexity index is 829. The molecule has 1 heterocycles. The molecule has 27 heavy (non-hydrogen) atoms. The number of aryl methyl sites for hydroxylation is 1. The average Bonchev–Trinajstić information content (AvgIpc) is 3.21. The summed E-state index contributed by atoms with van der Waals surface area (Å²) >= 11 is 0. The molecule has 1 aliphatic heterocycles. The van der Waals surface area contributed by atoms with Gasteiger partial charge in [0.15, 0.2) is 0 Å². The first-order valence-corrected chi connectivity index (χ1v) is 9.39. The van der Waals surface area contributed by atoms with Crippen LogP contribution in [0.3, 0.4) is 0 Å². The van der Waals surface area contributed by atoms with Gasteiger partial charge in [-0.3, -0.25) is 9.59 Å². The summed E-state index contributed by atoms with van der Waals surface area (Å²) in [6, 6.07) is 13.1. The molecule has 2 aromatic rings. The van der Waals surface area contributed by atoms with Gasteiger partial charge in [0, 0.05) is 24.3 Å². The summed E-state index contributed by atoms with van der Waals surface area (Å²) in [6.45, 7) is 4.11. The Morgan fingerprint density at radius 1 is 1.07 bits per heavy atom. The van der Waals surface area contributed by atoms with Crippen LogP contribution in [0.1, 0.15) is 35.7 Å². The van der Waals surface area contributed by atoms with Gasteiger partial charge in [-0.2, -0.15) is 0 Å². The summed E-state index contributed by atoms with van der Waals surface area (Å²) in [7, 11) is 0. The van der Waals surface area contributed by atoms with Crippen molar-refractivity contribution in [2.75, 3.05) is 35.2 Å². The Hall–Kier alpha value is -3.02. The third-order valence-corrected chi connectivity index (χ3v) is 4.84. The highest BCUT2D eigenvalue weighted by Crippen LogP contribution is 2.30. The number of nitrogens with two attached hydrogens (primary N) is 1. The smallest absolute Gasteiger partial charge is 0.248 e. The van der Waals surface area contributed by atoms with E-state index in [0.29, 0.717) is 5.56 Å². The molecule has 2 amide bonds. The highest BCUT2D eigenvalue weighted by Gasteiger charge is 2.17. The molecule has 0 spiro atoms. The zero-order valence-corrected chi connectivity index (χ0v) is 15.6. The van der Waals surface area contributed by atoms with Gasteiger partial charge in [-0.15, -0.1) is 0 Å². The third-order valence-electron chi connectivity index (χ3n) is 4.84. The van der Waals surface area contributed by atoms with Gasteiger partial charge in [-0.05, 0) is 49.1 Å². The molecule has 6 nitrogen and oxygen atoms in total. The van der Waals surface area contributed by atoms with E-state index in [-0.39, 0.29) is 12.5 Å². The Morgan fingerprint density at radius 3 is 2.52 bits per heavy atom. The first-order valence-electron chi connectivity index (χ1n) is 9.39. The van der Waals surface area contributed by atoms with Crippen LogP contribution in [-0.2, 0) is 11.2 Å². The predicted molar refractivity (Wildman–Crippen MR) is 109 cm³/mol. The van der Waals surface area contributed by atoms with Crippen LogP contribution in [0.4, 0.5) is 17.1 Å². The van der Waals surface area contributed by atoms with Crippen molar-refractivity contribution >= 4 is 28.9 Å². The highest BCUT2D eigenvalue weighted by molar-refractivity contribution is 5.97. The standard InChI is InChI=1S/C21H26N4O2/c1-2-15-7-3-4-8-17(15)24-20(26)14-23-18-13-16(21(22)27)9-10-19(18)25-11-5-6-12-25/h3-4,7-10,13,23H,2,5-6,11-12,14H2,1H3,(H2,22,27)(H,24,26). The zero-order chi connectivity index (χ0) is 19.2. The van der Waals surface area contributed by atoms with Crippen molar-refractivity contribution in [2.45, 2.75) is 26.2 Å². The fourth-order valence-corrected chi connectivity index (χ4v) is 3.39. The van der Waals surface area contributed by atoms with Crippen molar-refractivity contribution in [3.8, 4) is 0 Å². The van der Waals surface area contributed by atoms with Crippen molar-refractivity contribution in [3.63, 3.8) is 0 Å². The SMILES string of the molecule is CCc1ccccc1NC(=O)CNc1cc(C(N)=O)ccc1N1CCCC1. The van der Waals surface area contributed by atoms with E-state index in [2.05, 4.69) is 22.5 Å². The summed E-state index contributed by atoms with van der Waals surface area (Å²) in [5.41, 5.74) is 9.53. The number of para-hydroxylation sites is 1. The van der Waals surface area contributed by atoms with Gasteiger partial charge in [0.25, 0.3) is 0 Å². The lowest BCUT2D eigenvalue weighted by Gasteiger charge is -2.22. The molecule has 2 aromatic carbocycles. The van der Waals surface area contributed by atoms with Crippen molar-refractivity contribution in [1.82, 2.24) is 0 Å². The minimum atomic E-state index is -0.479. The van der Waals surface area contributed by atoms with E-state index in [0.717, 1.165) is 55.0 Å². The van der Waals surface area contributed by atoms with E-state index in [1.807, 2.05) is 30.3 Å². The number of hydrogen-bond donors (Lipinski definition) is 3. The van der Waals surface area contributed by atoms with Crippen LogP contribution in [-0.4, -0.2) is 31.4 Å². The average molecular weight is 366 g/mol. The largest absolute Gasteiger partial charge is 0.374 e. The Morgan fingerprint density at radius 2 is 1.81 bits per heavy atom. The van der Waals surface area contributed by atoms with Crippen molar-refractivity contribution < 1.29 is 9.59 Å². The number of hydrogen-bond acceptors (Lipinski definition) is 4. The van der Waals surface area contributed by atoms with Crippen LogP contribution in [0.15, 0.2) is 42.5 Å². The normalized spacial score (nSPS) is 13.4. The minimum absolute atomic E-state index is 0.112. The van der Waals surface area contributed by atoms with Crippen LogP contribution in [0.25, 0.3) is 0 Å². The molecule has 4 N–H and O–H groups in total. The second-order valence-corrected chi connectivity index (χ2v) is 6.70. The van der Waals surface area contributed by atoms with Gasteiger partial charge in [0.1, 0.15) is 0 Å². The summed E-state index contributed by atoms with van der Waals surface area (Å²) in [5.74, 6) is -0.611. The predicted octanol–water partition coefficient (Wildman–Crippen LogP) is 3.00. The number of anilines is 3. The van der Waals surface area contributed by atoms with Gasteiger partial charge in [-0.1, -0.05) is 25.1 Å². The molecule has 0 saturated carbocycles. The van der Waals surface area contributed by atoms with Crippen molar-refractivity contribution in [2.24, 2.45) is 5.73 Å². The van der Waals surface area contributed by atoms with Gasteiger partial charge in [0.05, 0.1) is 17.9 Å². The molecule has 0 radical (unpaired) electrons.